The van der Waals surface area contributed by atoms with Gasteiger partial charge in [-0.3, -0.25) is 0 Å². The van der Waals surface area contributed by atoms with Crippen molar-refractivity contribution < 1.29 is 0 Å². The van der Waals surface area contributed by atoms with Crippen LogP contribution >= 0.6 is 0 Å². The molecule has 2 heteroatoms. The Morgan fingerprint density at radius 1 is 1.00 bits per heavy atom. The Balaban J connectivity index is 0.000000861. The van der Waals surface area contributed by atoms with E-state index in [0.29, 0.717) is 0 Å². The van der Waals surface area contributed by atoms with Crippen molar-refractivity contribution in [3.8, 4) is 0 Å². The fourth-order valence-corrected chi connectivity index (χ4v) is 3.53. The maximum atomic E-state index is 2.80. The minimum Gasteiger partial charge on any atom is -0.301 e. The van der Waals surface area contributed by atoms with Crippen LogP contribution in [-0.2, 0) is 0 Å². The highest BCUT2D eigenvalue weighted by atomic mass is 15.2. The summed E-state index contributed by atoms with van der Waals surface area (Å²) in [4.78, 5) is 5.44. The van der Waals surface area contributed by atoms with Gasteiger partial charge in [-0.05, 0) is 65.1 Å². The minimum atomic E-state index is 0.737. The molecule has 2 nitrogen and oxygen atoms in total. The summed E-state index contributed by atoms with van der Waals surface area (Å²) in [7, 11) is 0. The number of hydrogen-bond donors (Lipinski definition) is 0. The molecule has 2 saturated heterocycles. The number of hydrogen-bond acceptors (Lipinski definition) is 2. The highest BCUT2D eigenvalue weighted by Gasteiger charge is 2.28. The molecule has 2 aliphatic rings. The highest BCUT2D eigenvalue weighted by molar-refractivity contribution is 4.84. The van der Waals surface area contributed by atoms with Gasteiger partial charge < -0.3 is 9.80 Å². The normalized spacial score (nSPS) is 27.2. The molecule has 2 rings (SSSR count). The van der Waals surface area contributed by atoms with E-state index >= 15 is 0 Å². The molecule has 2 heterocycles. The van der Waals surface area contributed by atoms with E-state index in [4.69, 9.17) is 0 Å². The van der Waals surface area contributed by atoms with Crippen molar-refractivity contribution >= 4 is 0 Å². The molecule has 19 heavy (non-hydrogen) atoms. The fraction of sp³-hybridized carbons (Fsp3) is 1.00. The van der Waals surface area contributed by atoms with E-state index in [2.05, 4.69) is 30.6 Å². The highest BCUT2D eigenvalue weighted by Crippen LogP contribution is 2.25. The molecule has 2 aliphatic heterocycles. The second kappa shape index (κ2) is 8.97. The number of nitrogens with zero attached hydrogens (tertiary/aromatic N) is 2. The van der Waals surface area contributed by atoms with E-state index < -0.39 is 0 Å². The Bertz CT molecular complexity index is 219. The van der Waals surface area contributed by atoms with E-state index in [1.54, 1.807) is 0 Å². The SMILES string of the molecule is CC.CCC1CCCN(C2CCN(C(C)C)CC2)C1. The van der Waals surface area contributed by atoms with Gasteiger partial charge in [0.15, 0.2) is 0 Å². The lowest BCUT2D eigenvalue weighted by Crippen LogP contribution is -2.49. The molecular formula is C17H36N2. The second-order valence-corrected chi connectivity index (χ2v) is 6.27. The third-order valence-electron chi connectivity index (χ3n) is 4.87. The summed E-state index contributed by atoms with van der Waals surface area (Å²) in [5, 5.41) is 0. The standard InChI is InChI=1S/C15H30N2.C2H6/c1-4-14-6-5-9-17(12-14)15-7-10-16(11-8-15)13(2)3;1-2/h13-15H,4-12H2,1-3H3;1-2H3. The zero-order valence-electron chi connectivity index (χ0n) is 14.0. The average Bonchev–Trinajstić information content (AvgIpc) is 2.49. The molecule has 0 radical (unpaired) electrons. The van der Waals surface area contributed by atoms with Gasteiger partial charge in [0.1, 0.15) is 0 Å². The van der Waals surface area contributed by atoms with Crippen LogP contribution < -0.4 is 0 Å². The first kappa shape index (κ1) is 17.0. The molecule has 1 unspecified atom stereocenters. The fourth-order valence-electron chi connectivity index (χ4n) is 3.53. The van der Waals surface area contributed by atoms with Gasteiger partial charge in [0.25, 0.3) is 0 Å². The number of piperidine rings is 2. The summed E-state index contributed by atoms with van der Waals surface area (Å²) in [6.07, 6.45) is 7.07. The summed E-state index contributed by atoms with van der Waals surface area (Å²) >= 11 is 0. The van der Waals surface area contributed by atoms with E-state index in [-0.39, 0.29) is 0 Å². The van der Waals surface area contributed by atoms with Crippen LogP contribution in [0, 0.1) is 5.92 Å². The van der Waals surface area contributed by atoms with Crippen molar-refractivity contribution in [2.24, 2.45) is 5.92 Å². The van der Waals surface area contributed by atoms with Gasteiger partial charge in [0, 0.05) is 18.6 Å². The van der Waals surface area contributed by atoms with Gasteiger partial charge in [-0.25, -0.2) is 0 Å². The van der Waals surface area contributed by atoms with Gasteiger partial charge in [0.05, 0.1) is 0 Å². The smallest absolute Gasteiger partial charge is 0.0120 e. The quantitative estimate of drug-likeness (QED) is 0.763. The molecule has 2 fully saturated rings. The van der Waals surface area contributed by atoms with Crippen molar-refractivity contribution in [2.75, 3.05) is 26.2 Å². The summed E-state index contributed by atoms with van der Waals surface area (Å²) in [6.45, 7) is 16.4. The van der Waals surface area contributed by atoms with Crippen molar-refractivity contribution in [1.29, 1.82) is 0 Å². The van der Waals surface area contributed by atoms with Gasteiger partial charge in [-0.15, -0.1) is 0 Å². The molecule has 114 valence electrons. The molecule has 0 N–H and O–H groups in total. The Morgan fingerprint density at radius 3 is 2.16 bits per heavy atom. The van der Waals surface area contributed by atoms with E-state index in [0.717, 1.165) is 18.0 Å². The molecule has 0 aromatic rings. The maximum Gasteiger partial charge on any atom is 0.0120 e. The first-order valence-electron chi connectivity index (χ1n) is 8.68. The lowest BCUT2D eigenvalue weighted by molar-refractivity contribution is 0.0612. The Hall–Kier alpha value is -0.0800. The summed E-state index contributed by atoms with van der Waals surface area (Å²) in [6, 6.07) is 1.63. The molecule has 0 amide bonds. The molecule has 0 bridgehead atoms. The zero-order chi connectivity index (χ0) is 14.3. The summed E-state index contributed by atoms with van der Waals surface area (Å²) < 4.78 is 0. The van der Waals surface area contributed by atoms with Crippen LogP contribution in [-0.4, -0.2) is 48.1 Å². The largest absolute Gasteiger partial charge is 0.301 e. The summed E-state index contributed by atoms with van der Waals surface area (Å²) in [5.74, 6) is 0.979. The van der Waals surface area contributed by atoms with Crippen LogP contribution in [0.25, 0.3) is 0 Å². The molecule has 0 spiro atoms. The molecule has 0 aromatic heterocycles. The van der Waals surface area contributed by atoms with Crippen LogP contribution in [0.2, 0.25) is 0 Å². The van der Waals surface area contributed by atoms with Gasteiger partial charge in [0.2, 0.25) is 0 Å². The molecule has 1 atom stereocenters. The Kier molecular flexibility index (Phi) is 8.01. The third-order valence-corrected chi connectivity index (χ3v) is 4.87. The number of likely N-dealkylation sites (tertiary alicyclic amines) is 2. The van der Waals surface area contributed by atoms with Crippen LogP contribution in [0.15, 0.2) is 0 Å². The molecular weight excluding hydrogens is 232 g/mol. The predicted octanol–water partition coefficient (Wildman–Crippen LogP) is 4.01. The van der Waals surface area contributed by atoms with Crippen molar-refractivity contribution in [1.82, 2.24) is 9.80 Å². The van der Waals surface area contributed by atoms with Crippen LogP contribution in [0.5, 0.6) is 0 Å². The lowest BCUT2D eigenvalue weighted by Gasteiger charge is -2.43. The molecule has 0 aromatic carbocycles. The lowest BCUT2D eigenvalue weighted by atomic mass is 9.92. The van der Waals surface area contributed by atoms with E-state index in [1.807, 2.05) is 13.8 Å². The van der Waals surface area contributed by atoms with E-state index in [9.17, 15) is 0 Å². The van der Waals surface area contributed by atoms with Crippen LogP contribution in [0.3, 0.4) is 0 Å². The van der Waals surface area contributed by atoms with E-state index in [1.165, 1.54) is 58.3 Å². The minimum absolute atomic E-state index is 0.737. The average molecular weight is 268 g/mol. The topological polar surface area (TPSA) is 6.48 Å². The monoisotopic (exact) mass is 268 g/mol. The third kappa shape index (κ3) is 5.07. The number of rotatable bonds is 3. The van der Waals surface area contributed by atoms with Gasteiger partial charge >= 0.3 is 0 Å². The summed E-state index contributed by atoms with van der Waals surface area (Å²) in [5.41, 5.74) is 0. The van der Waals surface area contributed by atoms with Crippen molar-refractivity contribution in [3.05, 3.63) is 0 Å². The van der Waals surface area contributed by atoms with Crippen molar-refractivity contribution in [3.63, 3.8) is 0 Å². The zero-order valence-corrected chi connectivity index (χ0v) is 14.0. The Morgan fingerprint density at radius 2 is 1.63 bits per heavy atom. The van der Waals surface area contributed by atoms with Crippen LogP contribution in [0.4, 0.5) is 0 Å². The van der Waals surface area contributed by atoms with Crippen LogP contribution in [0.1, 0.15) is 66.7 Å². The second-order valence-electron chi connectivity index (χ2n) is 6.27. The predicted molar refractivity (Wildman–Crippen MR) is 85.7 cm³/mol. The molecule has 0 aliphatic carbocycles. The first-order chi connectivity index (χ1) is 9.20. The first-order valence-corrected chi connectivity index (χ1v) is 8.68. The molecule has 0 saturated carbocycles. The maximum absolute atomic E-state index is 2.80. The van der Waals surface area contributed by atoms with Gasteiger partial charge in [-0.1, -0.05) is 27.2 Å². The van der Waals surface area contributed by atoms with Crippen molar-refractivity contribution in [2.45, 2.75) is 78.8 Å². The Labute approximate surface area is 121 Å². The van der Waals surface area contributed by atoms with Gasteiger partial charge in [-0.2, -0.15) is 0 Å².